The molecule has 3 nitrogen and oxygen atoms in total. The summed E-state index contributed by atoms with van der Waals surface area (Å²) in [5, 5.41) is 2.40. The third-order valence-electron chi connectivity index (χ3n) is 4.22. The van der Waals surface area contributed by atoms with E-state index < -0.39 is 0 Å². The van der Waals surface area contributed by atoms with Crippen molar-refractivity contribution in [3.8, 4) is 5.75 Å². The number of benzene rings is 2. The molecule has 0 aliphatic heterocycles. The van der Waals surface area contributed by atoms with E-state index in [2.05, 4.69) is 42.2 Å². The highest BCUT2D eigenvalue weighted by Gasteiger charge is 2.10. The molecule has 3 rings (SSSR count). The van der Waals surface area contributed by atoms with Crippen LogP contribution < -0.4 is 10.3 Å². The molecule has 124 valence electrons. The molecule has 24 heavy (non-hydrogen) atoms. The second-order valence-electron chi connectivity index (χ2n) is 6.06. The van der Waals surface area contributed by atoms with Gasteiger partial charge in [-0.15, -0.1) is 0 Å². The summed E-state index contributed by atoms with van der Waals surface area (Å²) >= 11 is 0. The van der Waals surface area contributed by atoms with Crippen molar-refractivity contribution in [3.63, 3.8) is 0 Å². The minimum atomic E-state index is -0.0730. The van der Waals surface area contributed by atoms with Crippen LogP contribution in [-0.4, -0.2) is 11.6 Å². The van der Waals surface area contributed by atoms with Crippen LogP contribution in [0.2, 0.25) is 0 Å². The molecule has 0 saturated heterocycles. The number of hydrogen-bond donors (Lipinski definition) is 1. The normalized spacial score (nSPS) is 10.9. The second-order valence-corrected chi connectivity index (χ2v) is 6.06. The number of pyridine rings is 1. The zero-order valence-electron chi connectivity index (χ0n) is 14.0. The minimum absolute atomic E-state index is 0.0730. The van der Waals surface area contributed by atoms with Crippen LogP contribution in [0.3, 0.4) is 0 Å². The molecular weight excluding hydrogens is 298 g/mol. The predicted octanol–water partition coefficient (Wildman–Crippen LogP) is 4.69. The molecule has 0 amide bonds. The molecule has 0 saturated carbocycles. The second kappa shape index (κ2) is 7.82. The lowest BCUT2D eigenvalue weighted by atomic mass is 10.0. The molecule has 0 aliphatic carbocycles. The third kappa shape index (κ3) is 3.85. The maximum atomic E-state index is 12.3. The van der Waals surface area contributed by atoms with Crippen molar-refractivity contribution >= 4 is 10.8 Å². The van der Waals surface area contributed by atoms with Gasteiger partial charge in [0.05, 0.1) is 12.2 Å². The van der Waals surface area contributed by atoms with Gasteiger partial charge in [-0.25, -0.2) is 0 Å². The van der Waals surface area contributed by atoms with E-state index in [4.69, 9.17) is 4.74 Å². The van der Waals surface area contributed by atoms with Gasteiger partial charge in [-0.05, 0) is 28.8 Å². The number of hydrogen-bond acceptors (Lipinski definition) is 2. The van der Waals surface area contributed by atoms with Crippen LogP contribution in [0.25, 0.3) is 10.8 Å². The van der Waals surface area contributed by atoms with Crippen molar-refractivity contribution in [2.75, 3.05) is 6.61 Å². The topological polar surface area (TPSA) is 42.1 Å². The van der Waals surface area contributed by atoms with Crippen LogP contribution in [0, 0.1) is 0 Å². The first-order chi connectivity index (χ1) is 11.8. The summed E-state index contributed by atoms with van der Waals surface area (Å²) in [5.41, 5.74) is 1.74. The number of fused-ring (bicyclic) bond motifs is 1. The first-order valence-corrected chi connectivity index (χ1v) is 8.59. The SMILES string of the molecule is CCCCCOc1cc[nH]c(=O)c1Cc1ccc2ccccc2c1. The van der Waals surface area contributed by atoms with E-state index >= 15 is 0 Å². The van der Waals surface area contributed by atoms with E-state index in [1.807, 2.05) is 18.2 Å². The van der Waals surface area contributed by atoms with Gasteiger partial charge in [-0.1, -0.05) is 62.2 Å². The summed E-state index contributed by atoms with van der Waals surface area (Å²) in [5.74, 6) is 0.697. The fourth-order valence-corrected chi connectivity index (χ4v) is 2.88. The Labute approximate surface area is 142 Å². The molecule has 0 fully saturated rings. The maximum absolute atomic E-state index is 12.3. The minimum Gasteiger partial charge on any atom is -0.493 e. The van der Waals surface area contributed by atoms with Crippen LogP contribution in [0.5, 0.6) is 5.75 Å². The molecule has 2 aromatic carbocycles. The Morgan fingerprint density at radius 1 is 1.00 bits per heavy atom. The highest BCUT2D eigenvalue weighted by atomic mass is 16.5. The molecule has 0 aliphatic rings. The van der Waals surface area contributed by atoms with E-state index in [1.54, 1.807) is 6.20 Å². The van der Waals surface area contributed by atoms with E-state index in [-0.39, 0.29) is 5.56 Å². The summed E-state index contributed by atoms with van der Waals surface area (Å²) in [4.78, 5) is 15.0. The molecule has 3 aromatic rings. The van der Waals surface area contributed by atoms with E-state index in [9.17, 15) is 4.79 Å². The van der Waals surface area contributed by atoms with Gasteiger partial charge in [0.25, 0.3) is 5.56 Å². The van der Waals surface area contributed by atoms with Crippen molar-refractivity contribution < 1.29 is 4.74 Å². The Morgan fingerprint density at radius 3 is 2.67 bits per heavy atom. The monoisotopic (exact) mass is 321 g/mol. The highest BCUT2D eigenvalue weighted by molar-refractivity contribution is 5.83. The van der Waals surface area contributed by atoms with Crippen LogP contribution in [0.1, 0.15) is 37.3 Å². The number of aromatic amines is 1. The lowest BCUT2D eigenvalue weighted by molar-refractivity contribution is 0.303. The molecule has 3 heteroatoms. The molecular formula is C21H23NO2. The van der Waals surface area contributed by atoms with E-state index in [0.29, 0.717) is 24.3 Å². The predicted molar refractivity (Wildman–Crippen MR) is 98.8 cm³/mol. The molecule has 1 N–H and O–H groups in total. The van der Waals surface area contributed by atoms with Gasteiger partial charge in [0, 0.05) is 12.6 Å². The number of ether oxygens (including phenoxy) is 1. The summed E-state index contributed by atoms with van der Waals surface area (Å²) in [6, 6.07) is 16.4. The Kier molecular flexibility index (Phi) is 5.32. The van der Waals surface area contributed by atoms with Crippen LogP contribution in [-0.2, 0) is 6.42 Å². The van der Waals surface area contributed by atoms with Crippen molar-refractivity contribution in [2.45, 2.75) is 32.6 Å². The first-order valence-electron chi connectivity index (χ1n) is 8.59. The van der Waals surface area contributed by atoms with Crippen LogP contribution in [0.15, 0.2) is 59.5 Å². The van der Waals surface area contributed by atoms with Gasteiger partial charge in [0.2, 0.25) is 0 Å². The standard InChI is InChI=1S/C21H23NO2/c1-2-3-6-13-24-20-11-12-22-21(23)19(20)15-16-9-10-17-7-4-5-8-18(17)14-16/h4-5,7-12,14H,2-3,6,13,15H2,1H3,(H,22,23). The highest BCUT2D eigenvalue weighted by Crippen LogP contribution is 2.21. The number of H-pyrrole nitrogens is 1. The van der Waals surface area contributed by atoms with Gasteiger partial charge >= 0.3 is 0 Å². The van der Waals surface area contributed by atoms with Gasteiger partial charge in [-0.2, -0.15) is 0 Å². The van der Waals surface area contributed by atoms with Gasteiger partial charge < -0.3 is 9.72 Å². The zero-order chi connectivity index (χ0) is 16.8. The summed E-state index contributed by atoms with van der Waals surface area (Å²) < 4.78 is 5.86. The summed E-state index contributed by atoms with van der Waals surface area (Å²) in [6.45, 7) is 2.82. The smallest absolute Gasteiger partial charge is 0.255 e. The molecule has 0 unspecified atom stereocenters. The zero-order valence-corrected chi connectivity index (χ0v) is 14.0. The first kappa shape index (κ1) is 16.3. The molecule has 1 heterocycles. The largest absolute Gasteiger partial charge is 0.493 e. The van der Waals surface area contributed by atoms with Crippen molar-refractivity contribution in [3.05, 3.63) is 76.2 Å². The fraction of sp³-hybridized carbons (Fsp3) is 0.286. The van der Waals surface area contributed by atoms with Gasteiger partial charge in [-0.3, -0.25) is 4.79 Å². The third-order valence-corrected chi connectivity index (χ3v) is 4.22. The number of unbranched alkanes of at least 4 members (excludes halogenated alkanes) is 2. The number of aromatic nitrogens is 1. The Hall–Kier alpha value is -2.55. The molecule has 1 aromatic heterocycles. The maximum Gasteiger partial charge on any atom is 0.255 e. The fourth-order valence-electron chi connectivity index (χ4n) is 2.88. The van der Waals surface area contributed by atoms with Crippen LogP contribution >= 0.6 is 0 Å². The number of rotatable bonds is 7. The Balaban J connectivity index is 1.83. The summed E-state index contributed by atoms with van der Waals surface area (Å²) in [7, 11) is 0. The van der Waals surface area contributed by atoms with Crippen molar-refractivity contribution in [2.24, 2.45) is 0 Å². The molecule has 0 bridgehead atoms. The molecule has 0 spiro atoms. The van der Waals surface area contributed by atoms with E-state index in [0.717, 1.165) is 24.8 Å². The summed E-state index contributed by atoms with van der Waals surface area (Å²) in [6.07, 6.45) is 5.54. The Bertz CT molecular complexity index is 867. The lowest BCUT2D eigenvalue weighted by Gasteiger charge is -2.11. The molecule has 0 atom stereocenters. The van der Waals surface area contributed by atoms with E-state index in [1.165, 1.54) is 10.8 Å². The number of nitrogens with one attached hydrogen (secondary N) is 1. The Morgan fingerprint density at radius 2 is 1.83 bits per heavy atom. The van der Waals surface area contributed by atoms with Crippen LogP contribution in [0.4, 0.5) is 0 Å². The van der Waals surface area contributed by atoms with Crippen molar-refractivity contribution in [1.82, 2.24) is 4.98 Å². The van der Waals surface area contributed by atoms with Crippen molar-refractivity contribution in [1.29, 1.82) is 0 Å². The lowest BCUT2D eigenvalue weighted by Crippen LogP contribution is -2.15. The quantitative estimate of drug-likeness (QED) is 0.642. The average Bonchev–Trinajstić information content (AvgIpc) is 2.61. The molecule has 0 radical (unpaired) electrons. The van der Waals surface area contributed by atoms with Gasteiger partial charge in [0.1, 0.15) is 5.75 Å². The average molecular weight is 321 g/mol. The van der Waals surface area contributed by atoms with Gasteiger partial charge in [0.15, 0.2) is 0 Å².